The van der Waals surface area contributed by atoms with Gasteiger partial charge in [-0.3, -0.25) is 0 Å². The van der Waals surface area contributed by atoms with Gasteiger partial charge in [-0.25, -0.2) is 0 Å². The molecule has 1 aromatic rings. The van der Waals surface area contributed by atoms with Crippen molar-refractivity contribution in [2.45, 2.75) is 45.3 Å². The quantitative estimate of drug-likeness (QED) is 0.838. The monoisotopic (exact) mass is 264 g/mol. The molecule has 1 aliphatic heterocycles. The molecule has 0 aromatic heterocycles. The molecule has 0 bridgehead atoms. The predicted octanol–water partition coefficient (Wildman–Crippen LogP) is 1.19. The summed E-state index contributed by atoms with van der Waals surface area (Å²) in [5.74, 6) is 0.848. The molecule has 1 aromatic carbocycles. The van der Waals surface area contributed by atoms with Crippen molar-refractivity contribution in [2.24, 2.45) is 0 Å². The van der Waals surface area contributed by atoms with Crippen LogP contribution in [0.25, 0.3) is 0 Å². The Morgan fingerprint density at radius 2 is 2.26 bits per heavy atom. The molecular formula is C16H26NO2+. The second kappa shape index (κ2) is 6.92. The van der Waals surface area contributed by atoms with E-state index in [0.717, 1.165) is 12.3 Å². The van der Waals surface area contributed by atoms with Crippen molar-refractivity contribution >= 4 is 0 Å². The second-order valence-corrected chi connectivity index (χ2v) is 5.79. The van der Waals surface area contributed by atoms with Crippen molar-refractivity contribution in [3.63, 3.8) is 0 Å². The molecule has 19 heavy (non-hydrogen) atoms. The number of aryl methyl sites for hydroxylation is 1. The maximum Gasteiger partial charge on any atom is 0.137 e. The van der Waals surface area contributed by atoms with E-state index in [-0.39, 0.29) is 6.10 Å². The van der Waals surface area contributed by atoms with E-state index in [2.05, 4.69) is 6.92 Å². The molecule has 0 amide bonds. The summed E-state index contributed by atoms with van der Waals surface area (Å²) in [6, 6.07) is 8.64. The Labute approximate surface area is 116 Å². The van der Waals surface area contributed by atoms with Crippen LogP contribution in [0.5, 0.6) is 5.75 Å². The van der Waals surface area contributed by atoms with E-state index in [9.17, 15) is 5.11 Å². The topological polar surface area (TPSA) is 33.9 Å². The Morgan fingerprint density at radius 1 is 1.42 bits per heavy atom. The highest BCUT2D eigenvalue weighted by molar-refractivity contribution is 5.27. The largest absolute Gasteiger partial charge is 0.491 e. The smallest absolute Gasteiger partial charge is 0.137 e. The highest BCUT2D eigenvalue weighted by atomic mass is 16.5. The van der Waals surface area contributed by atoms with Gasteiger partial charge in [0.15, 0.2) is 0 Å². The number of likely N-dealkylation sites (tertiary alicyclic amines) is 1. The molecule has 0 aliphatic carbocycles. The van der Waals surface area contributed by atoms with Crippen LogP contribution >= 0.6 is 0 Å². The Morgan fingerprint density at radius 3 is 3.00 bits per heavy atom. The number of aliphatic hydroxyl groups is 1. The molecule has 0 radical (unpaired) electrons. The van der Waals surface area contributed by atoms with E-state index in [1.165, 1.54) is 36.3 Å². The molecule has 106 valence electrons. The fourth-order valence-corrected chi connectivity index (χ4v) is 2.82. The van der Waals surface area contributed by atoms with Gasteiger partial charge in [-0.15, -0.1) is 0 Å². The van der Waals surface area contributed by atoms with Crippen LogP contribution < -0.4 is 9.64 Å². The normalized spacial score (nSPS) is 25.0. The van der Waals surface area contributed by atoms with E-state index in [1.807, 2.05) is 31.2 Å². The first kappa shape index (κ1) is 14.4. The average molecular weight is 264 g/mol. The number of rotatable bonds is 5. The summed E-state index contributed by atoms with van der Waals surface area (Å²) in [7, 11) is 0. The van der Waals surface area contributed by atoms with Gasteiger partial charge in [-0.1, -0.05) is 12.1 Å². The fraction of sp³-hybridized carbons (Fsp3) is 0.625. The zero-order chi connectivity index (χ0) is 13.7. The lowest BCUT2D eigenvalue weighted by Crippen LogP contribution is -3.17. The summed E-state index contributed by atoms with van der Waals surface area (Å²) in [5.41, 5.74) is 1.18. The summed E-state index contributed by atoms with van der Waals surface area (Å²) in [4.78, 5) is 1.52. The van der Waals surface area contributed by atoms with Crippen LogP contribution in [0.4, 0.5) is 0 Å². The summed E-state index contributed by atoms with van der Waals surface area (Å²) in [5, 5.41) is 10.1. The maximum atomic E-state index is 10.1. The summed E-state index contributed by atoms with van der Waals surface area (Å²) in [6.45, 7) is 6.70. The van der Waals surface area contributed by atoms with Gasteiger partial charge >= 0.3 is 0 Å². The van der Waals surface area contributed by atoms with Crippen LogP contribution in [0.1, 0.15) is 31.7 Å². The van der Waals surface area contributed by atoms with Gasteiger partial charge < -0.3 is 14.7 Å². The van der Waals surface area contributed by atoms with E-state index < -0.39 is 0 Å². The number of piperidine rings is 1. The first-order valence-corrected chi connectivity index (χ1v) is 7.37. The zero-order valence-corrected chi connectivity index (χ0v) is 12.1. The summed E-state index contributed by atoms with van der Waals surface area (Å²) >= 11 is 0. The number of benzene rings is 1. The second-order valence-electron chi connectivity index (χ2n) is 5.79. The molecule has 3 nitrogen and oxygen atoms in total. The average Bonchev–Trinajstić information content (AvgIpc) is 2.39. The highest BCUT2D eigenvalue weighted by Crippen LogP contribution is 2.12. The Bertz CT molecular complexity index is 394. The van der Waals surface area contributed by atoms with E-state index in [0.29, 0.717) is 12.6 Å². The minimum atomic E-state index is -0.379. The SMILES string of the molecule is Cc1cccc(OC[C@H](O)C[NH+]2CCCC[C@@H]2C)c1. The van der Waals surface area contributed by atoms with E-state index >= 15 is 0 Å². The number of quaternary nitrogens is 1. The lowest BCUT2D eigenvalue weighted by molar-refractivity contribution is -0.931. The van der Waals surface area contributed by atoms with Crippen LogP contribution in [0.3, 0.4) is 0 Å². The van der Waals surface area contributed by atoms with E-state index in [1.54, 1.807) is 0 Å². The third-order valence-corrected chi connectivity index (χ3v) is 4.01. The standard InChI is InChI=1S/C16H25NO2/c1-13-6-5-8-16(10-13)19-12-15(18)11-17-9-4-3-7-14(17)2/h5-6,8,10,14-15,18H,3-4,7,9,11-12H2,1-2H3/p+1/t14-,15+/m0/s1. The first-order valence-electron chi connectivity index (χ1n) is 7.37. The minimum absolute atomic E-state index is 0.379. The third-order valence-electron chi connectivity index (χ3n) is 4.01. The van der Waals surface area contributed by atoms with Gasteiger partial charge in [0.25, 0.3) is 0 Å². The highest BCUT2D eigenvalue weighted by Gasteiger charge is 2.24. The number of hydrogen-bond donors (Lipinski definition) is 2. The Kier molecular flexibility index (Phi) is 5.23. The number of aliphatic hydroxyl groups excluding tert-OH is 1. The molecule has 3 atom stereocenters. The van der Waals surface area contributed by atoms with Crippen molar-refractivity contribution in [2.75, 3.05) is 19.7 Å². The summed E-state index contributed by atoms with van der Waals surface area (Å²) < 4.78 is 5.66. The third kappa shape index (κ3) is 4.51. The molecule has 2 rings (SSSR count). The molecule has 1 fully saturated rings. The molecule has 0 saturated carbocycles. The van der Waals surface area contributed by atoms with Crippen molar-refractivity contribution < 1.29 is 14.7 Å². The van der Waals surface area contributed by atoms with Gasteiger partial charge in [0, 0.05) is 0 Å². The van der Waals surface area contributed by atoms with Crippen LogP contribution in [0, 0.1) is 6.92 Å². The van der Waals surface area contributed by atoms with E-state index in [4.69, 9.17) is 4.74 Å². The molecular weight excluding hydrogens is 238 g/mol. The molecule has 0 spiro atoms. The van der Waals surface area contributed by atoms with Crippen LogP contribution in [-0.2, 0) is 0 Å². The molecule has 3 heteroatoms. The van der Waals surface area contributed by atoms with Crippen LogP contribution in [0.15, 0.2) is 24.3 Å². The summed E-state index contributed by atoms with van der Waals surface area (Å²) in [6.07, 6.45) is 3.52. The first-order chi connectivity index (χ1) is 9.15. The van der Waals surface area contributed by atoms with Gasteiger partial charge in [-0.05, 0) is 50.8 Å². The van der Waals surface area contributed by atoms with Crippen molar-refractivity contribution in [1.82, 2.24) is 0 Å². The maximum absolute atomic E-state index is 10.1. The lowest BCUT2D eigenvalue weighted by Gasteiger charge is -2.31. The molecule has 1 saturated heterocycles. The fourth-order valence-electron chi connectivity index (χ4n) is 2.82. The number of ether oxygens (including phenoxy) is 1. The van der Waals surface area contributed by atoms with Gasteiger partial charge in [0.05, 0.1) is 12.6 Å². The van der Waals surface area contributed by atoms with Crippen LogP contribution in [-0.4, -0.2) is 36.9 Å². The van der Waals surface area contributed by atoms with Gasteiger partial charge in [0.2, 0.25) is 0 Å². The molecule has 1 unspecified atom stereocenters. The van der Waals surface area contributed by atoms with Crippen LogP contribution in [0.2, 0.25) is 0 Å². The minimum Gasteiger partial charge on any atom is -0.491 e. The van der Waals surface area contributed by atoms with Gasteiger partial charge in [0.1, 0.15) is 25.0 Å². The van der Waals surface area contributed by atoms with Crippen molar-refractivity contribution in [3.05, 3.63) is 29.8 Å². The zero-order valence-electron chi connectivity index (χ0n) is 12.1. The molecule has 1 heterocycles. The number of nitrogens with one attached hydrogen (secondary N) is 1. The molecule has 1 aliphatic rings. The van der Waals surface area contributed by atoms with Crippen molar-refractivity contribution in [1.29, 1.82) is 0 Å². The van der Waals surface area contributed by atoms with Crippen molar-refractivity contribution in [3.8, 4) is 5.75 Å². The number of hydrogen-bond acceptors (Lipinski definition) is 2. The Balaban J connectivity index is 1.76. The molecule has 2 N–H and O–H groups in total. The van der Waals surface area contributed by atoms with Gasteiger partial charge in [-0.2, -0.15) is 0 Å². The Hall–Kier alpha value is -1.06. The predicted molar refractivity (Wildman–Crippen MR) is 76.7 cm³/mol. The lowest BCUT2D eigenvalue weighted by atomic mass is 10.0.